The van der Waals surface area contributed by atoms with E-state index in [0.717, 1.165) is 30.0 Å². The molecular weight excluding hydrogens is 286 g/mol. The summed E-state index contributed by atoms with van der Waals surface area (Å²) in [6.07, 6.45) is 7.30. The maximum absolute atomic E-state index is 4.43. The lowest BCUT2D eigenvalue weighted by Gasteiger charge is -2.17. The molecule has 0 bridgehead atoms. The van der Waals surface area contributed by atoms with Crippen LogP contribution in [-0.2, 0) is 13.1 Å². The fraction of sp³-hybridized carbons (Fsp3) is 0.222. The fourth-order valence-electron chi connectivity index (χ4n) is 2.37. The van der Waals surface area contributed by atoms with Crippen LogP contribution in [0.2, 0.25) is 0 Å². The smallest absolute Gasteiger partial charge is 0.178 e. The summed E-state index contributed by atoms with van der Waals surface area (Å²) in [6.45, 7) is 3.66. The van der Waals surface area contributed by atoms with Gasteiger partial charge in [-0.05, 0) is 37.7 Å². The summed E-state index contributed by atoms with van der Waals surface area (Å²) >= 11 is 0. The van der Waals surface area contributed by atoms with Crippen LogP contribution in [0.5, 0.6) is 0 Å². The molecule has 0 aliphatic rings. The molecule has 3 rings (SSSR count). The van der Waals surface area contributed by atoms with Gasteiger partial charge in [0, 0.05) is 43.4 Å². The number of aryl methyl sites for hydroxylation is 1. The minimum absolute atomic E-state index is 0.651. The highest BCUT2D eigenvalue weighted by Gasteiger charge is 2.07. The standard InChI is InChI=1S/C18H19N5/c1-14-6-5-9-20-17(14)13-23(2)12-15-10-21-18(22-11-15)16-7-3-4-8-19-16/h3-11H,12-13H2,1-2H3. The Kier molecular flexibility index (Phi) is 4.68. The van der Waals surface area contributed by atoms with E-state index in [1.165, 1.54) is 5.56 Å². The monoisotopic (exact) mass is 305 g/mol. The first-order valence-corrected chi connectivity index (χ1v) is 7.54. The third-order valence-electron chi connectivity index (χ3n) is 3.59. The topological polar surface area (TPSA) is 54.8 Å². The Labute approximate surface area is 136 Å². The number of hydrogen-bond acceptors (Lipinski definition) is 5. The van der Waals surface area contributed by atoms with Crippen molar-refractivity contribution in [3.8, 4) is 11.5 Å². The molecular formula is C18H19N5. The Morgan fingerprint density at radius 2 is 1.65 bits per heavy atom. The van der Waals surface area contributed by atoms with Crippen molar-refractivity contribution in [1.29, 1.82) is 0 Å². The molecule has 3 aromatic rings. The molecule has 3 aromatic heterocycles. The molecule has 0 atom stereocenters. The minimum atomic E-state index is 0.651. The summed E-state index contributed by atoms with van der Waals surface area (Å²) in [5, 5.41) is 0. The zero-order valence-corrected chi connectivity index (χ0v) is 13.3. The van der Waals surface area contributed by atoms with Crippen molar-refractivity contribution in [2.45, 2.75) is 20.0 Å². The van der Waals surface area contributed by atoms with Crippen LogP contribution in [0.15, 0.2) is 55.1 Å². The van der Waals surface area contributed by atoms with Gasteiger partial charge in [0.2, 0.25) is 0 Å². The molecule has 0 unspecified atom stereocenters. The minimum Gasteiger partial charge on any atom is -0.296 e. The molecule has 0 amide bonds. The van der Waals surface area contributed by atoms with Crippen molar-refractivity contribution in [1.82, 2.24) is 24.8 Å². The second-order valence-corrected chi connectivity index (χ2v) is 5.57. The Morgan fingerprint density at radius 1 is 0.870 bits per heavy atom. The average molecular weight is 305 g/mol. The van der Waals surface area contributed by atoms with Crippen LogP contribution in [0.3, 0.4) is 0 Å². The van der Waals surface area contributed by atoms with Crippen molar-refractivity contribution in [2.24, 2.45) is 0 Å². The first-order valence-electron chi connectivity index (χ1n) is 7.54. The van der Waals surface area contributed by atoms with E-state index in [4.69, 9.17) is 0 Å². The van der Waals surface area contributed by atoms with Gasteiger partial charge in [0.25, 0.3) is 0 Å². The van der Waals surface area contributed by atoms with Crippen LogP contribution in [0.25, 0.3) is 11.5 Å². The van der Waals surface area contributed by atoms with Gasteiger partial charge in [0.1, 0.15) is 5.69 Å². The SMILES string of the molecule is Cc1cccnc1CN(C)Cc1cnc(-c2ccccn2)nc1. The van der Waals surface area contributed by atoms with E-state index in [9.17, 15) is 0 Å². The predicted molar refractivity (Wildman–Crippen MR) is 89.4 cm³/mol. The summed E-state index contributed by atoms with van der Waals surface area (Å²) in [7, 11) is 2.07. The Morgan fingerprint density at radius 3 is 2.35 bits per heavy atom. The highest BCUT2D eigenvalue weighted by Crippen LogP contribution is 2.12. The van der Waals surface area contributed by atoms with E-state index in [0.29, 0.717) is 5.82 Å². The van der Waals surface area contributed by atoms with Gasteiger partial charge in [-0.3, -0.25) is 14.9 Å². The molecule has 116 valence electrons. The van der Waals surface area contributed by atoms with E-state index in [1.54, 1.807) is 6.20 Å². The highest BCUT2D eigenvalue weighted by atomic mass is 15.1. The van der Waals surface area contributed by atoms with Crippen LogP contribution < -0.4 is 0 Å². The zero-order valence-electron chi connectivity index (χ0n) is 13.3. The average Bonchev–Trinajstić information content (AvgIpc) is 2.58. The quantitative estimate of drug-likeness (QED) is 0.725. The molecule has 3 heterocycles. The molecule has 5 nitrogen and oxygen atoms in total. The fourth-order valence-corrected chi connectivity index (χ4v) is 2.37. The van der Waals surface area contributed by atoms with E-state index in [2.05, 4.69) is 44.9 Å². The maximum Gasteiger partial charge on any atom is 0.178 e. The van der Waals surface area contributed by atoms with Gasteiger partial charge in [0.05, 0.1) is 5.69 Å². The van der Waals surface area contributed by atoms with Gasteiger partial charge in [-0.15, -0.1) is 0 Å². The normalized spacial score (nSPS) is 10.9. The zero-order chi connectivity index (χ0) is 16.1. The van der Waals surface area contributed by atoms with Crippen molar-refractivity contribution in [3.05, 3.63) is 71.9 Å². The summed E-state index contributed by atoms with van der Waals surface area (Å²) in [6, 6.07) is 9.77. The molecule has 0 aliphatic carbocycles. The molecule has 0 radical (unpaired) electrons. The van der Waals surface area contributed by atoms with Crippen LogP contribution in [0.1, 0.15) is 16.8 Å². The van der Waals surface area contributed by atoms with Crippen molar-refractivity contribution < 1.29 is 0 Å². The first kappa shape index (κ1) is 15.2. The summed E-state index contributed by atoms with van der Waals surface area (Å²) < 4.78 is 0. The van der Waals surface area contributed by atoms with Gasteiger partial charge in [-0.2, -0.15) is 0 Å². The van der Waals surface area contributed by atoms with E-state index < -0.39 is 0 Å². The number of nitrogens with zero attached hydrogens (tertiary/aromatic N) is 5. The lowest BCUT2D eigenvalue weighted by atomic mass is 10.2. The molecule has 23 heavy (non-hydrogen) atoms. The van der Waals surface area contributed by atoms with E-state index in [1.807, 2.05) is 42.9 Å². The number of aromatic nitrogens is 4. The largest absolute Gasteiger partial charge is 0.296 e. The van der Waals surface area contributed by atoms with Crippen LogP contribution >= 0.6 is 0 Å². The lowest BCUT2D eigenvalue weighted by Crippen LogP contribution is -2.19. The number of rotatable bonds is 5. The molecule has 0 aromatic carbocycles. The van der Waals surface area contributed by atoms with E-state index in [-0.39, 0.29) is 0 Å². The number of pyridine rings is 2. The predicted octanol–water partition coefficient (Wildman–Crippen LogP) is 2.87. The van der Waals surface area contributed by atoms with E-state index >= 15 is 0 Å². The van der Waals surface area contributed by atoms with Crippen molar-refractivity contribution in [2.75, 3.05) is 7.05 Å². The summed E-state index contributed by atoms with van der Waals surface area (Å²) in [5.74, 6) is 0.651. The summed E-state index contributed by atoms with van der Waals surface area (Å²) in [4.78, 5) is 19.7. The van der Waals surface area contributed by atoms with Gasteiger partial charge < -0.3 is 0 Å². The molecule has 5 heteroatoms. The van der Waals surface area contributed by atoms with Gasteiger partial charge in [-0.25, -0.2) is 9.97 Å². The Hall–Kier alpha value is -2.66. The van der Waals surface area contributed by atoms with Gasteiger partial charge in [-0.1, -0.05) is 12.1 Å². The number of hydrogen-bond donors (Lipinski definition) is 0. The molecule has 0 N–H and O–H groups in total. The third kappa shape index (κ3) is 3.96. The second kappa shape index (κ2) is 7.07. The molecule has 0 saturated heterocycles. The van der Waals surface area contributed by atoms with Gasteiger partial charge >= 0.3 is 0 Å². The lowest BCUT2D eigenvalue weighted by molar-refractivity contribution is 0.313. The summed E-state index contributed by atoms with van der Waals surface area (Å²) in [5.41, 5.74) is 4.17. The van der Waals surface area contributed by atoms with Crippen molar-refractivity contribution in [3.63, 3.8) is 0 Å². The van der Waals surface area contributed by atoms with Crippen LogP contribution in [0, 0.1) is 6.92 Å². The highest BCUT2D eigenvalue weighted by molar-refractivity contribution is 5.47. The molecule has 0 saturated carbocycles. The molecule has 0 spiro atoms. The molecule has 0 fully saturated rings. The van der Waals surface area contributed by atoms with Gasteiger partial charge in [0.15, 0.2) is 5.82 Å². The van der Waals surface area contributed by atoms with Crippen LogP contribution in [0.4, 0.5) is 0 Å². The molecule has 0 aliphatic heterocycles. The maximum atomic E-state index is 4.43. The third-order valence-corrected chi connectivity index (χ3v) is 3.59. The second-order valence-electron chi connectivity index (χ2n) is 5.57. The Balaban J connectivity index is 1.65. The van der Waals surface area contributed by atoms with Crippen LogP contribution in [-0.4, -0.2) is 31.9 Å². The van der Waals surface area contributed by atoms with Crippen molar-refractivity contribution >= 4 is 0 Å². The first-order chi connectivity index (χ1) is 11.2. The Bertz CT molecular complexity index is 756.